The molecule has 1 N–H and O–H groups in total. The molecule has 3 aromatic rings. The Morgan fingerprint density at radius 1 is 1.00 bits per heavy atom. The zero-order valence-corrected chi connectivity index (χ0v) is 18.6. The summed E-state index contributed by atoms with van der Waals surface area (Å²) in [4.78, 5) is 26.8. The third kappa shape index (κ3) is 5.51. The van der Waals surface area contributed by atoms with Gasteiger partial charge in [-0.3, -0.25) is 9.48 Å². The monoisotopic (exact) mass is 420 g/mol. The van der Waals surface area contributed by atoms with E-state index in [0.29, 0.717) is 29.2 Å². The molecular formula is C24H28N4O3. The second-order valence-electron chi connectivity index (χ2n) is 7.75. The van der Waals surface area contributed by atoms with Crippen LogP contribution in [-0.2, 0) is 16.1 Å². The molecule has 0 aliphatic carbocycles. The van der Waals surface area contributed by atoms with E-state index in [0.717, 1.165) is 11.3 Å². The van der Waals surface area contributed by atoms with Crippen molar-refractivity contribution in [3.8, 4) is 0 Å². The molecule has 0 radical (unpaired) electrons. The fourth-order valence-corrected chi connectivity index (χ4v) is 3.26. The van der Waals surface area contributed by atoms with Gasteiger partial charge in [0.05, 0.1) is 17.9 Å². The van der Waals surface area contributed by atoms with Crippen LogP contribution in [0, 0.1) is 20.8 Å². The Bertz CT molecular complexity index is 1070. The zero-order chi connectivity index (χ0) is 22.5. The Balaban J connectivity index is 1.60. The number of ether oxygens (including phenoxy) is 1. The molecule has 31 heavy (non-hydrogen) atoms. The number of carbonyl (C=O) groups excluding carboxylic acids is 2. The van der Waals surface area contributed by atoms with Crippen LogP contribution in [-0.4, -0.2) is 42.4 Å². The van der Waals surface area contributed by atoms with Gasteiger partial charge < -0.3 is 15.0 Å². The fourth-order valence-electron chi connectivity index (χ4n) is 3.26. The van der Waals surface area contributed by atoms with Gasteiger partial charge in [0.1, 0.15) is 5.56 Å². The maximum absolute atomic E-state index is 12.6. The molecule has 0 bridgehead atoms. The van der Waals surface area contributed by atoms with E-state index in [1.807, 2.05) is 69.2 Å². The summed E-state index contributed by atoms with van der Waals surface area (Å²) in [5.74, 6) is -0.948. The minimum absolute atomic E-state index is 0.365. The van der Waals surface area contributed by atoms with Gasteiger partial charge in [0.2, 0.25) is 0 Å². The van der Waals surface area contributed by atoms with Crippen LogP contribution in [0.2, 0.25) is 0 Å². The standard InChI is InChI=1S/C24H28N4O3/c1-16-6-8-19(9-7-16)14-28-18(3)23(17(2)26-28)24(30)31-15-22(29)25-20-10-12-21(13-11-20)27(4)5/h6-13H,14-15H2,1-5H3,(H,25,29). The number of aromatic nitrogens is 2. The van der Waals surface area contributed by atoms with Crippen molar-refractivity contribution in [2.45, 2.75) is 27.3 Å². The van der Waals surface area contributed by atoms with Crippen LogP contribution in [0.15, 0.2) is 48.5 Å². The second-order valence-corrected chi connectivity index (χ2v) is 7.75. The van der Waals surface area contributed by atoms with Gasteiger partial charge in [-0.05, 0) is 50.6 Å². The number of anilines is 2. The van der Waals surface area contributed by atoms with Crippen LogP contribution in [0.25, 0.3) is 0 Å². The number of nitrogens with zero attached hydrogens (tertiary/aromatic N) is 3. The third-order valence-corrected chi connectivity index (χ3v) is 5.04. The lowest BCUT2D eigenvalue weighted by molar-refractivity contribution is -0.119. The Labute approximate surface area is 182 Å². The van der Waals surface area contributed by atoms with Crippen LogP contribution in [0.3, 0.4) is 0 Å². The summed E-state index contributed by atoms with van der Waals surface area (Å²) in [5, 5.41) is 7.21. The Hall–Kier alpha value is -3.61. The van der Waals surface area contributed by atoms with Crippen molar-refractivity contribution in [1.82, 2.24) is 9.78 Å². The first-order chi connectivity index (χ1) is 14.7. The lowest BCUT2D eigenvalue weighted by atomic mass is 10.1. The number of carbonyl (C=O) groups is 2. The molecule has 1 amide bonds. The van der Waals surface area contributed by atoms with E-state index in [-0.39, 0.29) is 6.61 Å². The lowest BCUT2D eigenvalue weighted by Crippen LogP contribution is -2.21. The molecule has 7 heteroatoms. The molecule has 0 saturated heterocycles. The number of rotatable bonds is 7. The van der Waals surface area contributed by atoms with E-state index in [1.54, 1.807) is 23.7 Å². The fraction of sp³-hybridized carbons (Fsp3) is 0.292. The quantitative estimate of drug-likeness (QED) is 0.590. The van der Waals surface area contributed by atoms with Crippen molar-refractivity contribution in [1.29, 1.82) is 0 Å². The van der Waals surface area contributed by atoms with E-state index in [4.69, 9.17) is 4.74 Å². The molecule has 0 saturated carbocycles. The van der Waals surface area contributed by atoms with E-state index in [9.17, 15) is 9.59 Å². The molecule has 0 unspecified atom stereocenters. The van der Waals surface area contributed by atoms with Gasteiger partial charge in [0.15, 0.2) is 6.61 Å². The molecular weight excluding hydrogens is 392 g/mol. The highest BCUT2D eigenvalue weighted by Gasteiger charge is 2.21. The lowest BCUT2D eigenvalue weighted by Gasteiger charge is -2.13. The number of aryl methyl sites for hydroxylation is 2. The molecule has 0 atom stereocenters. The Morgan fingerprint density at radius 3 is 2.26 bits per heavy atom. The minimum atomic E-state index is -0.553. The summed E-state index contributed by atoms with van der Waals surface area (Å²) in [7, 11) is 3.89. The highest BCUT2D eigenvalue weighted by Crippen LogP contribution is 2.17. The van der Waals surface area contributed by atoms with Crippen LogP contribution < -0.4 is 10.2 Å². The van der Waals surface area contributed by atoms with Crippen LogP contribution in [0.1, 0.15) is 32.9 Å². The molecule has 7 nitrogen and oxygen atoms in total. The number of hydrogen-bond acceptors (Lipinski definition) is 5. The van der Waals surface area contributed by atoms with Crippen molar-refractivity contribution < 1.29 is 14.3 Å². The minimum Gasteiger partial charge on any atom is -0.452 e. The van der Waals surface area contributed by atoms with E-state index in [2.05, 4.69) is 10.4 Å². The van der Waals surface area contributed by atoms with Crippen LogP contribution in [0.5, 0.6) is 0 Å². The molecule has 2 aromatic carbocycles. The van der Waals surface area contributed by atoms with Gasteiger partial charge in [0.25, 0.3) is 5.91 Å². The van der Waals surface area contributed by atoms with Crippen molar-refractivity contribution >= 4 is 23.3 Å². The van der Waals surface area contributed by atoms with Gasteiger partial charge >= 0.3 is 5.97 Å². The smallest absolute Gasteiger partial charge is 0.342 e. The van der Waals surface area contributed by atoms with Crippen molar-refractivity contribution in [3.05, 3.63) is 76.6 Å². The maximum Gasteiger partial charge on any atom is 0.342 e. The average molecular weight is 421 g/mol. The molecule has 0 aliphatic rings. The molecule has 0 fully saturated rings. The molecule has 0 spiro atoms. The SMILES string of the molecule is Cc1ccc(Cn2nc(C)c(C(=O)OCC(=O)Nc3ccc(N(C)C)cc3)c2C)cc1. The molecule has 162 valence electrons. The maximum atomic E-state index is 12.6. The highest BCUT2D eigenvalue weighted by molar-refractivity contribution is 5.96. The molecule has 0 aliphatic heterocycles. The Kier molecular flexibility index (Phi) is 6.74. The molecule has 3 rings (SSSR count). The first kappa shape index (κ1) is 22.1. The predicted molar refractivity (Wildman–Crippen MR) is 122 cm³/mol. The van der Waals surface area contributed by atoms with Gasteiger partial charge in [-0.1, -0.05) is 29.8 Å². The summed E-state index contributed by atoms with van der Waals surface area (Å²) in [5.41, 5.74) is 5.64. The summed E-state index contributed by atoms with van der Waals surface area (Å²) in [6.45, 7) is 5.83. The summed E-state index contributed by atoms with van der Waals surface area (Å²) >= 11 is 0. The summed E-state index contributed by atoms with van der Waals surface area (Å²) in [6.07, 6.45) is 0. The van der Waals surface area contributed by atoms with Crippen molar-refractivity contribution in [3.63, 3.8) is 0 Å². The van der Waals surface area contributed by atoms with Crippen LogP contribution >= 0.6 is 0 Å². The largest absolute Gasteiger partial charge is 0.452 e. The summed E-state index contributed by atoms with van der Waals surface area (Å²) < 4.78 is 7.03. The number of esters is 1. The first-order valence-corrected chi connectivity index (χ1v) is 10.1. The molecule has 1 heterocycles. The van der Waals surface area contributed by atoms with E-state index < -0.39 is 11.9 Å². The highest BCUT2D eigenvalue weighted by atomic mass is 16.5. The van der Waals surface area contributed by atoms with Gasteiger partial charge in [0, 0.05) is 25.5 Å². The normalized spacial score (nSPS) is 10.6. The number of hydrogen-bond donors (Lipinski definition) is 1. The number of nitrogens with one attached hydrogen (secondary N) is 1. The Morgan fingerprint density at radius 2 is 1.65 bits per heavy atom. The molecule has 1 aromatic heterocycles. The number of amides is 1. The number of benzene rings is 2. The van der Waals surface area contributed by atoms with Gasteiger partial charge in [-0.15, -0.1) is 0 Å². The van der Waals surface area contributed by atoms with E-state index >= 15 is 0 Å². The van der Waals surface area contributed by atoms with Crippen molar-refractivity contribution in [2.24, 2.45) is 0 Å². The predicted octanol–water partition coefficient (Wildman–Crippen LogP) is 3.72. The summed E-state index contributed by atoms with van der Waals surface area (Å²) in [6, 6.07) is 15.6. The van der Waals surface area contributed by atoms with E-state index in [1.165, 1.54) is 5.56 Å². The second kappa shape index (κ2) is 9.47. The zero-order valence-electron chi connectivity index (χ0n) is 18.6. The first-order valence-electron chi connectivity index (χ1n) is 10.1. The van der Waals surface area contributed by atoms with Crippen molar-refractivity contribution in [2.75, 3.05) is 30.9 Å². The van der Waals surface area contributed by atoms with Gasteiger partial charge in [-0.2, -0.15) is 5.10 Å². The average Bonchev–Trinajstić information content (AvgIpc) is 3.01. The third-order valence-electron chi connectivity index (χ3n) is 5.04. The van der Waals surface area contributed by atoms with Crippen LogP contribution in [0.4, 0.5) is 11.4 Å². The van der Waals surface area contributed by atoms with Gasteiger partial charge in [-0.25, -0.2) is 4.79 Å². The topological polar surface area (TPSA) is 76.5 Å².